The Balaban J connectivity index is 2.03. The lowest BCUT2D eigenvalue weighted by Crippen LogP contribution is -2.60. The Hall–Kier alpha value is -1.33. The van der Waals surface area contributed by atoms with Gasteiger partial charge < -0.3 is 40.3 Å². The highest BCUT2D eigenvalue weighted by Crippen LogP contribution is 2.24. The molecular weight excluding hydrogens is 995 g/mol. The number of unbranched alkanes of at least 4 members (excludes halogenated alkanes) is 51. The summed E-state index contributed by atoms with van der Waals surface area (Å²) in [5.74, 6) is -0.179. The standard InChI is InChI=1S/C71H137NO8/c1-3-5-7-9-11-13-15-17-19-21-22-23-24-25-26-27-28-29-30-31-32-33-34-35-36-37-38-39-40-41-42-43-45-47-49-51-53-55-57-59-61-67(75)72-64(63-79-71-70(78)69(77)68(76)66(62-73)80-71)65(74)60-58-56-54-52-50-48-46-44-20-18-16-14-12-10-8-6-4-2/h50,52,58,60,64-66,68-71,73-74,76-78H,3-49,51,53-57,59,61-63H2,1-2H3,(H,72,75)/b52-50+,60-58+. The third-order valence-electron chi connectivity index (χ3n) is 17.3. The van der Waals surface area contributed by atoms with Gasteiger partial charge in [0.25, 0.3) is 0 Å². The number of ether oxygens (including phenoxy) is 2. The number of carbonyl (C=O) groups is 1. The van der Waals surface area contributed by atoms with Gasteiger partial charge in [-0.25, -0.2) is 0 Å². The van der Waals surface area contributed by atoms with Crippen molar-refractivity contribution in [1.82, 2.24) is 5.32 Å². The summed E-state index contributed by atoms with van der Waals surface area (Å²) in [5.41, 5.74) is 0. The van der Waals surface area contributed by atoms with E-state index in [9.17, 15) is 30.3 Å². The summed E-state index contributed by atoms with van der Waals surface area (Å²) in [6.45, 7) is 3.81. The predicted octanol–water partition coefficient (Wildman–Crippen LogP) is 19.3. The molecule has 0 radical (unpaired) electrons. The molecule has 6 N–H and O–H groups in total. The van der Waals surface area contributed by atoms with Crippen LogP contribution in [0.15, 0.2) is 24.3 Å². The van der Waals surface area contributed by atoms with E-state index in [0.717, 1.165) is 38.5 Å². The quantitative estimate of drug-likeness (QED) is 0.0261. The number of aliphatic hydroxyl groups excluding tert-OH is 5. The van der Waals surface area contributed by atoms with Gasteiger partial charge in [0.2, 0.25) is 5.91 Å². The van der Waals surface area contributed by atoms with Crippen molar-refractivity contribution in [3.05, 3.63) is 24.3 Å². The highest BCUT2D eigenvalue weighted by Gasteiger charge is 2.44. The van der Waals surface area contributed by atoms with Crippen molar-refractivity contribution in [3.63, 3.8) is 0 Å². The molecule has 0 bridgehead atoms. The van der Waals surface area contributed by atoms with Crippen molar-refractivity contribution in [2.75, 3.05) is 13.2 Å². The molecule has 0 aromatic rings. The molecule has 1 aliphatic heterocycles. The number of hydrogen-bond acceptors (Lipinski definition) is 8. The van der Waals surface area contributed by atoms with Gasteiger partial charge in [-0.15, -0.1) is 0 Å². The minimum absolute atomic E-state index is 0.179. The zero-order valence-electron chi connectivity index (χ0n) is 53.1. The van der Waals surface area contributed by atoms with Crippen LogP contribution in [0, 0.1) is 0 Å². The van der Waals surface area contributed by atoms with Crippen LogP contribution in [-0.2, 0) is 14.3 Å². The van der Waals surface area contributed by atoms with Crippen molar-refractivity contribution in [1.29, 1.82) is 0 Å². The van der Waals surface area contributed by atoms with E-state index < -0.39 is 49.5 Å². The Morgan fingerprint density at radius 3 is 1.05 bits per heavy atom. The third-order valence-corrected chi connectivity index (χ3v) is 17.3. The number of aliphatic hydroxyl groups is 5. The lowest BCUT2D eigenvalue weighted by molar-refractivity contribution is -0.302. The minimum atomic E-state index is -1.57. The van der Waals surface area contributed by atoms with Gasteiger partial charge in [0, 0.05) is 6.42 Å². The van der Waals surface area contributed by atoms with E-state index in [1.807, 2.05) is 6.08 Å². The fraction of sp³-hybridized carbons (Fsp3) is 0.930. The summed E-state index contributed by atoms with van der Waals surface area (Å²) in [5, 5.41) is 54.6. The second kappa shape index (κ2) is 60.8. The summed E-state index contributed by atoms with van der Waals surface area (Å²) in [6.07, 6.45) is 73.2. The Kier molecular flexibility index (Phi) is 58.3. The van der Waals surface area contributed by atoms with Gasteiger partial charge in [0.05, 0.1) is 25.4 Å². The molecule has 1 amide bonds. The Bertz CT molecular complexity index is 1310. The molecule has 474 valence electrons. The van der Waals surface area contributed by atoms with Gasteiger partial charge in [-0.05, 0) is 32.1 Å². The van der Waals surface area contributed by atoms with Gasteiger partial charge in [-0.2, -0.15) is 0 Å². The molecule has 0 saturated carbocycles. The molecule has 0 aromatic heterocycles. The van der Waals surface area contributed by atoms with E-state index in [1.54, 1.807) is 6.08 Å². The molecule has 0 aliphatic carbocycles. The summed E-state index contributed by atoms with van der Waals surface area (Å²) < 4.78 is 11.3. The minimum Gasteiger partial charge on any atom is -0.394 e. The fourth-order valence-electron chi connectivity index (χ4n) is 11.7. The molecule has 1 saturated heterocycles. The number of carbonyl (C=O) groups excluding carboxylic acids is 1. The van der Waals surface area contributed by atoms with Crippen LogP contribution in [0.2, 0.25) is 0 Å². The van der Waals surface area contributed by atoms with Crippen LogP contribution in [0.5, 0.6) is 0 Å². The van der Waals surface area contributed by atoms with Gasteiger partial charge in [-0.1, -0.05) is 353 Å². The maximum absolute atomic E-state index is 13.1. The summed E-state index contributed by atoms with van der Waals surface area (Å²) in [7, 11) is 0. The van der Waals surface area contributed by atoms with Crippen LogP contribution in [0.3, 0.4) is 0 Å². The van der Waals surface area contributed by atoms with Crippen molar-refractivity contribution < 1.29 is 39.8 Å². The predicted molar refractivity (Wildman–Crippen MR) is 341 cm³/mol. The van der Waals surface area contributed by atoms with Crippen LogP contribution in [0.4, 0.5) is 0 Å². The van der Waals surface area contributed by atoms with Gasteiger partial charge in [0.15, 0.2) is 6.29 Å². The molecule has 1 heterocycles. The van der Waals surface area contributed by atoms with E-state index in [2.05, 4.69) is 31.3 Å². The summed E-state index contributed by atoms with van der Waals surface area (Å²) in [6, 6.07) is -0.819. The van der Waals surface area contributed by atoms with Crippen LogP contribution in [0.1, 0.15) is 367 Å². The van der Waals surface area contributed by atoms with Crippen LogP contribution < -0.4 is 5.32 Å². The molecule has 1 rings (SSSR count). The molecular formula is C71H137NO8. The molecule has 80 heavy (non-hydrogen) atoms. The van der Waals surface area contributed by atoms with Gasteiger partial charge in [0.1, 0.15) is 24.4 Å². The average molecular weight is 1130 g/mol. The molecule has 0 spiro atoms. The Labute approximate surface area is 496 Å². The van der Waals surface area contributed by atoms with Gasteiger partial charge >= 0.3 is 0 Å². The molecule has 7 unspecified atom stereocenters. The van der Waals surface area contributed by atoms with Crippen molar-refractivity contribution in [2.45, 2.75) is 410 Å². The van der Waals surface area contributed by atoms with Crippen molar-refractivity contribution in [2.24, 2.45) is 0 Å². The van der Waals surface area contributed by atoms with Gasteiger partial charge in [-0.3, -0.25) is 4.79 Å². The van der Waals surface area contributed by atoms with E-state index in [1.165, 1.54) is 308 Å². The largest absolute Gasteiger partial charge is 0.394 e. The van der Waals surface area contributed by atoms with E-state index in [-0.39, 0.29) is 12.5 Å². The first kappa shape index (κ1) is 76.7. The monoisotopic (exact) mass is 1130 g/mol. The van der Waals surface area contributed by atoms with E-state index in [4.69, 9.17) is 9.47 Å². The normalized spacial score (nSPS) is 18.5. The fourth-order valence-corrected chi connectivity index (χ4v) is 11.7. The maximum atomic E-state index is 13.1. The third kappa shape index (κ3) is 49.0. The first-order valence-corrected chi connectivity index (χ1v) is 35.6. The number of amides is 1. The summed E-state index contributed by atoms with van der Waals surface area (Å²) in [4.78, 5) is 13.1. The maximum Gasteiger partial charge on any atom is 0.220 e. The SMILES string of the molecule is CCCCCCCCCCCCC/C=C/CC/C=C/C(O)C(COC1OC(CO)C(O)C(O)C1O)NC(=O)CCCCCCCCCCCCCCCCCCCCCCCCCCCCCCCCCCCCCCCCCC. The zero-order valence-corrected chi connectivity index (χ0v) is 53.1. The second-order valence-electron chi connectivity index (χ2n) is 25.0. The molecule has 9 nitrogen and oxygen atoms in total. The lowest BCUT2D eigenvalue weighted by Gasteiger charge is -2.40. The molecule has 1 aliphatic rings. The molecule has 0 aromatic carbocycles. The highest BCUT2D eigenvalue weighted by molar-refractivity contribution is 5.76. The number of rotatable bonds is 63. The van der Waals surface area contributed by atoms with E-state index in [0.29, 0.717) is 6.42 Å². The number of nitrogens with one attached hydrogen (secondary N) is 1. The van der Waals surface area contributed by atoms with Crippen LogP contribution >= 0.6 is 0 Å². The highest BCUT2D eigenvalue weighted by atomic mass is 16.7. The first-order chi connectivity index (χ1) is 39.3. The first-order valence-electron chi connectivity index (χ1n) is 35.6. The Morgan fingerprint density at radius 2 is 0.713 bits per heavy atom. The van der Waals surface area contributed by atoms with Crippen molar-refractivity contribution >= 4 is 5.91 Å². The van der Waals surface area contributed by atoms with Crippen LogP contribution in [0.25, 0.3) is 0 Å². The molecule has 7 atom stereocenters. The average Bonchev–Trinajstić information content (AvgIpc) is 3.46. The Morgan fingerprint density at radius 1 is 0.412 bits per heavy atom. The topological polar surface area (TPSA) is 149 Å². The van der Waals surface area contributed by atoms with Crippen LogP contribution in [-0.4, -0.2) is 87.5 Å². The zero-order chi connectivity index (χ0) is 57.9. The second-order valence-corrected chi connectivity index (χ2v) is 25.0. The molecule has 9 heteroatoms. The lowest BCUT2D eigenvalue weighted by atomic mass is 9.99. The number of allylic oxidation sites excluding steroid dienone is 3. The smallest absolute Gasteiger partial charge is 0.220 e. The van der Waals surface area contributed by atoms with Crippen molar-refractivity contribution in [3.8, 4) is 0 Å². The summed E-state index contributed by atoms with van der Waals surface area (Å²) >= 11 is 0. The number of hydrogen-bond donors (Lipinski definition) is 6. The van der Waals surface area contributed by atoms with E-state index >= 15 is 0 Å². The molecule has 1 fully saturated rings.